The van der Waals surface area contributed by atoms with Crippen LogP contribution in [-0.2, 0) is 11.2 Å². The molecule has 2 heterocycles. The fourth-order valence-corrected chi connectivity index (χ4v) is 4.35. The maximum absolute atomic E-state index is 12.4. The largest absolute Gasteiger partial charge is 0.372 e. The van der Waals surface area contributed by atoms with E-state index in [2.05, 4.69) is 56.6 Å². The highest BCUT2D eigenvalue weighted by atomic mass is 32.2. The number of amides is 1. The highest BCUT2D eigenvalue weighted by Crippen LogP contribution is 2.23. The van der Waals surface area contributed by atoms with Crippen LogP contribution in [-0.4, -0.2) is 39.9 Å². The number of aromatic amines is 1. The molecule has 162 valence electrons. The molecular formula is C24H29N5OS. The number of aromatic nitrogens is 3. The molecular weight excluding hydrogens is 406 g/mol. The molecule has 0 unspecified atom stereocenters. The Morgan fingerprint density at radius 2 is 1.74 bits per heavy atom. The smallest absolute Gasteiger partial charge is 0.234 e. The van der Waals surface area contributed by atoms with Gasteiger partial charge in [0, 0.05) is 30.0 Å². The van der Waals surface area contributed by atoms with Crippen LogP contribution in [0.3, 0.4) is 0 Å². The number of H-pyrrole nitrogens is 1. The van der Waals surface area contributed by atoms with Crippen molar-refractivity contribution in [2.45, 2.75) is 44.2 Å². The van der Waals surface area contributed by atoms with E-state index in [4.69, 9.17) is 0 Å². The lowest BCUT2D eigenvalue weighted by Crippen LogP contribution is -2.23. The Hall–Kier alpha value is -2.80. The van der Waals surface area contributed by atoms with Crippen molar-refractivity contribution in [2.24, 2.45) is 0 Å². The fraction of sp³-hybridized carbons (Fsp3) is 0.375. The van der Waals surface area contributed by atoms with Crippen LogP contribution in [0.15, 0.2) is 53.7 Å². The number of carbonyl (C=O) groups excluding carboxylic acids is 1. The SMILES string of the molecule is CCc1ccc(-c2nc(SCC(=O)Nc3ccc(N4CCCCCC4)cc3)n[nH]2)cc1. The monoisotopic (exact) mass is 435 g/mol. The molecule has 1 aliphatic heterocycles. The van der Waals surface area contributed by atoms with Crippen LogP contribution in [0.4, 0.5) is 11.4 Å². The topological polar surface area (TPSA) is 73.9 Å². The molecule has 1 aromatic heterocycles. The van der Waals surface area contributed by atoms with Crippen molar-refractivity contribution in [3.05, 3.63) is 54.1 Å². The summed E-state index contributed by atoms with van der Waals surface area (Å²) in [5.41, 5.74) is 4.32. The van der Waals surface area contributed by atoms with Gasteiger partial charge >= 0.3 is 0 Å². The third kappa shape index (κ3) is 5.88. The van der Waals surface area contributed by atoms with Crippen molar-refractivity contribution in [3.63, 3.8) is 0 Å². The number of aryl methyl sites for hydroxylation is 1. The van der Waals surface area contributed by atoms with E-state index in [0.29, 0.717) is 5.16 Å². The Balaban J connectivity index is 1.27. The van der Waals surface area contributed by atoms with Crippen LogP contribution in [0.5, 0.6) is 0 Å². The number of thioether (sulfide) groups is 1. The van der Waals surface area contributed by atoms with E-state index in [-0.39, 0.29) is 11.7 Å². The first-order valence-electron chi connectivity index (χ1n) is 11.0. The summed E-state index contributed by atoms with van der Waals surface area (Å²) in [7, 11) is 0. The van der Waals surface area contributed by atoms with Crippen molar-refractivity contribution >= 4 is 29.0 Å². The number of hydrogen-bond donors (Lipinski definition) is 2. The molecule has 1 aliphatic rings. The first kappa shape index (κ1) is 21.4. The van der Waals surface area contributed by atoms with Crippen molar-refractivity contribution in [1.29, 1.82) is 0 Å². The van der Waals surface area contributed by atoms with Gasteiger partial charge in [-0.1, -0.05) is 55.8 Å². The van der Waals surface area contributed by atoms with Crippen molar-refractivity contribution < 1.29 is 4.79 Å². The molecule has 0 radical (unpaired) electrons. The quantitative estimate of drug-likeness (QED) is 0.502. The normalized spacial score (nSPS) is 14.3. The van der Waals surface area contributed by atoms with Gasteiger partial charge in [0.25, 0.3) is 0 Å². The number of nitrogens with one attached hydrogen (secondary N) is 2. The van der Waals surface area contributed by atoms with Gasteiger partial charge in [0.15, 0.2) is 5.82 Å². The van der Waals surface area contributed by atoms with Gasteiger partial charge in [-0.15, -0.1) is 5.10 Å². The molecule has 0 atom stereocenters. The van der Waals surface area contributed by atoms with E-state index in [9.17, 15) is 4.79 Å². The zero-order valence-corrected chi connectivity index (χ0v) is 18.8. The Labute approximate surface area is 187 Å². The van der Waals surface area contributed by atoms with Gasteiger partial charge in [0.05, 0.1) is 5.75 Å². The van der Waals surface area contributed by atoms with Gasteiger partial charge < -0.3 is 10.2 Å². The maximum Gasteiger partial charge on any atom is 0.234 e. The molecule has 4 rings (SSSR count). The predicted molar refractivity (Wildman–Crippen MR) is 128 cm³/mol. The number of hydrogen-bond acceptors (Lipinski definition) is 5. The molecule has 6 nitrogen and oxygen atoms in total. The van der Waals surface area contributed by atoms with Gasteiger partial charge in [-0.3, -0.25) is 9.89 Å². The molecule has 31 heavy (non-hydrogen) atoms. The zero-order chi connectivity index (χ0) is 21.5. The van der Waals surface area contributed by atoms with E-state index in [0.717, 1.165) is 36.6 Å². The molecule has 0 saturated carbocycles. The molecule has 0 bridgehead atoms. The minimum atomic E-state index is -0.0637. The molecule has 2 aromatic carbocycles. The van der Waals surface area contributed by atoms with Crippen LogP contribution >= 0.6 is 11.8 Å². The molecule has 1 fully saturated rings. The summed E-state index contributed by atoms with van der Waals surface area (Å²) in [6.07, 6.45) is 6.15. The highest BCUT2D eigenvalue weighted by molar-refractivity contribution is 7.99. The van der Waals surface area contributed by atoms with E-state index >= 15 is 0 Å². The second-order valence-corrected chi connectivity index (χ2v) is 8.74. The molecule has 7 heteroatoms. The van der Waals surface area contributed by atoms with Crippen molar-refractivity contribution in [3.8, 4) is 11.4 Å². The predicted octanol–water partition coefficient (Wildman–Crippen LogP) is 5.15. The van der Waals surface area contributed by atoms with Crippen molar-refractivity contribution in [2.75, 3.05) is 29.1 Å². The first-order chi connectivity index (χ1) is 15.2. The van der Waals surface area contributed by atoms with Crippen LogP contribution in [0.2, 0.25) is 0 Å². The van der Waals surface area contributed by atoms with Gasteiger partial charge in [0.1, 0.15) is 0 Å². The Kier molecular flexibility index (Phi) is 7.25. The van der Waals surface area contributed by atoms with Gasteiger partial charge in [0.2, 0.25) is 11.1 Å². The number of carbonyl (C=O) groups is 1. The summed E-state index contributed by atoms with van der Waals surface area (Å²) < 4.78 is 0. The number of rotatable bonds is 7. The number of benzene rings is 2. The second kappa shape index (κ2) is 10.5. The lowest BCUT2D eigenvalue weighted by Gasteiger charge is -2.22. The second-order valence-electron chi connectivity index (χ2n) is 7.80. The first-order valence-corrected chi connectivity index (χ1v) is 12.0. The van der Waals surface area contributed by atoms with Crippen LogP contribution in [0.1, 0.15) is 38.2 Å². The minimum Gasteiger partial charge on any atom is -0.372 e. The maximum atomic E-state index is 12.4. The Bertz CT molecular complexity index is 976. The standard InChI is InChI=1S/C24H29N5OS/c1-2-18-7-9-19(10-8-18)23-26-24(28-27-23)31-17-22(30)25-20-11-13-21(14-12-20)29-15-5-3-4-6-16-29/h7-14H,2-6,15-17H2,1H3,(H,25,30)(H,26,27,28). The molecule has 0 aliphatic carbocycles. The van der Waals surface area contributed by atoms with Gasteiger partial charge in [-0.05, 0) is 49.1 Å². The summed E-state index contributed by atoms with van der Waals surface area (Å²) in [6.45, 7) is 4.36. The Morgan fingerprint density at radius 1 is 1.03 bits per heavy atom. The molecule has 1 amide bonds. The summed E-state index contributed by atoms with van der Waals surface area (Å²) in [5.74, 6) is 0.917. The van der Waals surface area contributed by atoms with Gasteiger partial charge in [-0.2, -0.15) is 0 Å². The van der Waals surface area contributed by atoms with Crippen LogP contribution < -0.4 is 10.2 Å². The Morgan fingerprint density at radius 3 is 2.42 bits per heavy atom. The van der Waals surface area contributed by atoms with Crippen LogP contribution in [0, 0.1) is 0 Å². The van der Waals surface area contributed by atoms with E-state index in [1.165, 1.54) is 48.7 Å². The highest BCUT2D eigenvalue weighted by Gasteiger charge is 2.12. The third-order valence-electron chi connectivity index (χ3n) is 5.56. The third-order valence-corrected chi connectivity index (χ3v) is 6.40. The summed E-state index contributed by atoms with van der Waals surface area (Å²) in [6, 6.07) is 16.4. The lowest BCUT2D eigenvalue weighted by molar-refractivity contribution is -0.113. The molecule has 1 saturated heterocycles. The van der Waals surface area contributed by atoms with Crippen LogP contribution in [0.25, 0.3) is 11.4 Å². The number of anilines is 2. The average molecular weight is 436 g/mol. The van der Waals surface area contributed by atoms with E-state index in [1.807, 2.05) is 24.3 Å². The fourth-order valence-electron chi connectivity index (χ4n) is 3.75. The minimum absolute atomic E-state index is 0.0637. The molecule has 0 spiro atoms. The average Bonchev–Trinajstić information content (AvgIpc) is 3.12. The summed E-state index contributed by atoms with van der Waals surface area (Å²) >= 11 is 1.33. The van der Waals surface area contributed by atoms with Gasteiger partial charge in [-0.25, -0.2) is 4.98 Å². The number of nitrogens with zero attached hydrogens (tertiary/aromatic N) is 3. The summed E-state index contributed by atoms with van der Waals surface area (Å²) in [4.78, 5) is 19.3. The van der Waals surface area contributed by atoms with E-state index in [1.54, 1.807) is 0 Å². The lowest BCUT2D eigenvalue weighted by atomic mass is 10.1. The van der Waals surface area contributed by atoms with Crippen molar-refractivity contribution in [1.82, 2.24) is 15.2 Å². The summed E-state index contributed by atoms with van der Waals surface area (Å²) in [5, 5.41) is 10.7. The molecule has 2 N–H and O–H groups in total. The zero-order valence-electron chi connectivity index (χ0n) is 17.9. The van der Waals surface area contributed by atoms with E-state index < -0.39 is 0 Å². The molecule has 3 aromatic rings.